The second-order valence-electron chi connectivity index (χ2n) is 5.49. The normalized spacial score (nSPS) is 10.4. The maximum absolute atomic E-state index is 12.7. The molecule has 0 aliphatic heterocycles. The van der Waals surface area contributed by atoms with Crippen LogP contribution in [0.4, 0.5) is 5.69 Å². The zero-order valence-corrected chi connectivity index (χ0v) is 14.5. The molecule has 0 aliphatic rings. The van der Waals surface area contributed by atoms with Crippen LogP contribution in [0.3, 0.4) is 0 Å². The van der Waals surface area contributed by atoms with Gasteiger partial charge in [-0.25, -0.2) is 0 Å². The number of hydrogen-bond acceptors (Lipinski definition) is 5. The lowest BCUT2D eigenvalue weighted by molar-refractivity contribution is 0.102. The molecule has 1 amide bonds. The fourth-order valence-corrected chi connectivity index (χ4v) is 2.60. The first-order chi connectivity index (χ1) is 12.7. The first-order valence-electron chi connectivity index (χ1n) is 7.98. The maximum Gasteiger partial charge on any atom is 0.259 e. The van der Waals surface area contributed by atoms with E-state index in [1.54, 1.807) is 48.5 Å². The molecule has 0 radical (unpaired) electrons. The van der Waals surface area contributed by atoms with Crippen molar-refractivity contribution in [3.05, 3.63) is 65.9 Å². The Balaban J connectivity index is 1.93. The summed E-state index contributed by atoms with van der Waals surface area (Å²) >= 11 is 0. The van der Waals surface area contributed by atoms with Gasteiger partial charge >= 0.3 is 0 Å². The van der Waals surface area contributed by atoms with Crippen LogP contribution in [0.1, 0.15) is 16.1 Å². The van der Waals surface area contributed by atoms with Crippen molar-refractivity contribution in [1.29, 1.82) is 0 Å². The SMILES string of the molecule is COc1ccc(-c2ccc(CO)o2)cc1NC(=O)c1ccccc1OC. The number of ether oxygens (including phenoxy) is 2. The van der Waals surface area contributed by atoms with Gasteiger partial charge in [-0.1, -0.05) is 12.1 Å². The van der Waals surface area contributed by atoms with Crippen molar-refractivity contribution >= 4 is 11.6 Å². The summed E-state index contributed by atoms with van der Waals surface area (Å²) in [6.07, 6.45) is 0. The number of methoxy groups -OCH3 is 2. The molecule has 6 nitrogen and oxygen atoms in total. The number of nitrogens with one attached hydrogen (secondary N) is 1. The van der Waals surface area contributed by atoms with Gasteiger partial charge in [0, 0.05) is 5.56 Å². The van der Waals surface area contributed by atoms with Crippen LogP contribution in [0.5, 0.6) is 11.5 Å². The van der Waals surface area contributed by atoms with E-state index < -0.39 is 0 Å². The molecule has 0 unspecified atom stereocenters. The lowest BCUT2D eigenvalue weighted by Gasteiger charge is -2.13. The Bertz CT molecular complexity index is 916. The van der Waals surface area contributed by atoms with Crippen LogP contribution < -0.4 is 14.8 Å². The minimum atomic E-state index is -0.312. The molecule has 6 heteroatoms. The number of amides is 1. The van der Waals surface area contributed by atoms with Gasteiger partial charge in [-0.15, -0.1) is 0 Å². The van der Waals surface area contributed by atoms with Crippen molar-refractivity contribution in [3.8, 4) is 22.8 Å². The van der Waals surface area contributed by atoms with Gasteiger partial charge in [-0.2, -0.15) is 0 Å². The number of carbonyl (C=O) groups excluding carboxylic acids is 1. The van der Waals surface area contributed by atoms with Gasteiger partial charge in [0.15, 0.2) is 0 Å². The average molecular weight is 353 g/mol. The zero-order valence-electron chi connectivity index (χ0n) is 14.5. The van der Waals surface area contributed by atoms with Crippen LogP contribution in [0.25, 0.3) is 11.3 Å². The van der Waals surface area contributed by atoms with Crippen LogP contribution in [0.2, 0.25) is 0 Å². The summed E-state index contributed by atoms with van der Waals surface area (Å²) in [6.45, 7) is -0.173. The number of hydrogen-bond donors (Lipinski definition) is 2. The number of aliphatic hydroxyl groups is 1. The molecule has 26 heavy (non-hydrogen) atoms. The highest BCUT2D eigenvalue weighted by Gasteiger charge is 2.15. The van der Waals surface area contributed by atoms with Crippen molar-refractivity contribution in [2.45, 2.75) is 6.61 Å². The standard InChI is InChI=1S/C20H19NO5/c1-24-18-6-4-3-5-15(18)20(23)21-16-11-13(7-9-19(16)25-2)17-10-8-14(12-22)26-17/h3-11,22H,12H2,1-2H3,(H,21,23). The minimum absolute atomic E-state index is 0.173. The number of furan rings is 1. The second kappa shape index (κ2) is 7.76. The number of anilines is 1. The van der Waals surface area contributed by atoms with Crippen LogP contribution in [0, 0.1) is 0 Å². The summed E-state index contributed by atoms with van der Waals surface area (Å²) in [5, 5.41) is 12.0. The van der Waals surface area contributed by atoms with E-state index in [2.05, 4.69) is 5.32 Å². The van der Waals surface area contributed by atoms with Gasteiger partial charge in [-0.3, -0.25) is 4.79 Å². The average Bonchev–Trinajstić information content (AvgIpc) is 3.17. The topological polar surface area (TPSA) is 80.9 Å². The number of benzene rings is 2. The molecule has 0 spiro atoms. The second-order valence-corrected chi connectivity index (χ2v) is 5.49. The third-order valence-electron chi connectivity index (χ3n) is 3.90. The molecule has 0 fully saturated rings. The fourth-order valence-electron chi connectivity index (χ4n) is 2.60. The van der Waals surface area contributed by atoms with Crippen LogP contribution in [-0.4, -0.2) is 25.2 Å². The molecule has 2 aromatic carbocycles. The van der Waals surface area contributed by atoms with Gasteiger partial charge in [0.1, 0.15) is 29.6 Å². The largest absolute Gasteiger partial charge is 0.496 e. The van der Waals surface area contributed by atoms with E-state index in [0.717, 1.165) is 5.56 Å². The highest BCUT2D eigenvalue weighted by molar-refractivity contribution is 6.07. The Hall–Kier alpha value is -3.25. The smallest absolute Gasteiger partial charge is 0.259 e. The van der Waals surface area contributed by atoms with Crippen LogP contribution >= 0.6 is 0 Å². The third kappa shape index (κ3) is 3.55. The van der Waals surface area contributed by atoms with E-state index in [-0.39, 0.29) is 12.5 Å². The summed E-state index contributed by atoms with van der Waals surface area (Å²) in [5.41, 5.74) is 1.67. The van der Waals surface area contributed by atoms with Gasteiger partial charge in [-0.05, 0) is 42.5 Å². The molecule has 0 saturated carbocycles. The highest BCUT2D eigenvalue weighted by Crippen LogP contribution is 2.32. The Kier molecular flexibility index (Phi) is 5.24. The molecule has 3 rings (SSSR count). The van der Waals surface area contributed by atoms with Gasteiger partial charge in [0.2, 0.25) is 0 Å². The molecule has 1 aromatic heterocycles. The van der Waals surface area contributed by atoms with Crippen LogP contribution in [-0.2, 0) is 6.61 Å². The molecule has 1 heterocycles. The van der Waals surface area contributed by atoms with E-state index >= 15 is 0 Å². The Labute approximate surface area is 151 Å². The van der Waals surface area contributed by atoms with E-state index in [0.29, 0.717) is 34.3 Å². The Morgan fingerprint density at radius 2 is 1.81 bits per heavy atom. The molecular formula is C20H19NO5. The van der Waals surface area contributed by atoms with Crippen molar-refractivity contribution < 1.29 is 23.8 Å². The number of aliphatic hydroxyl groups excluding tert-OH is 1. The zero-order chi connectivity index (χ0) is 18.5. The molecule has 3 aromatic rings. The predicted molar refractivity (Wildman–Crippen MR) is 97.6 cm³/mol. The van der Waals surface area contributed by atoms with Gasteiger partial charge in [0.05, 0.1) is 25.5 Å². The molecule has 2 N–H and O–H groups in total. The van der Waals surface area contributed by atoms with E-state index in [1.807, 2.05) is 6.07 Å². The monoisotopic (exact) mass is 353 g/mol. The molecule has 134 valence electrons. The van der Waals surface area contributed by atoms with E-state index in [1.165, 1.54) is 14.2 Å². The van der Waals surface area contributed by atoms with Crippen molar-refractivity contribution in [1.82, 2.24) is 0 Å². The summed E-state index contributed by atoms with van der Waals surface area (Å²) < 4.78 is 16.1. The third-order valence-corrected chi connectivity index (χ3v) is 3.90. The number of rotatable bonds is 6. The summed E-state index contributed by atoms with van der Waals surface area (Å²) in [5.74, 6) is 1.75. The fraction of sp³-hybridized carbons (Fsp3) is 0.150. The van der Waals surface area contributed by atoms with Crippen molar-refractivity contribution in [2.75, 3.05) is 19.5 Å². The first kappa shape index (κ1) is 17.6. The summed E-state index contributed by atoms with van der Waals surface area (Å²) in [4.78, 5) is 12.7. The number of para-hydroxylation sites is 1. The lowest BCUT2D eigenvalue weighted by atomic mass is 10.1. The molecule has 0 aliphatic carbocycles. The molecule has 0 saturated heterocycles. The number of carbonyl (C=O) groups is 1. The quantitative estimate of drug-likeness (QED) is 0.706. The molecule has 0 atom stereocenters. The molecular weight excluding hydrogens is 334 g/mol. The summed E-state index contributed by atoms with van der Waals surface area (Å²) in [7, 11) is 3.05. The van der Waals surface area contributed by atoms with Crippen LogP contribution in [0.15, 0.2) is 59.0 Å². The first-order valence-corrected chi connectivity index (χ1v) is 7.98. The maximum atomic E-state index is 12.7. The van der Waals surface area contributed by atoms with E-state index in [9.17, 15) is 4.79 Å². The minimum Gasteiger partial charge on any atom is -0.496 e. The van der Waals surface area contributed by atoms with Crippen molar-refractivity contribution in [3.63, 3.8) is 0 Å². The Morgan fingerprint density at radius 1 is 1.04 bits per heavy atom. The Morgan fingerprint density at radius 3 is 2.50 bits per heavy atom. The highest BCUT2D eigenvalue weighted by atomic mass is 16.5. The van der Waals surface area contributed by atoms with E-state index in [4.69, 9.17) is 19.0 Å². The van der Waals surface area contributed by atoms with Gasteiger partial charge in [0.25, 0.3) is 5.91 Å². The van der Waals surface area contributed by atoms with Gasteiger partial charge < -0.3 is 24.3 Å². The summed E-state index contributed by atoms with van der Waals surface area (Å²) in [6, 6.07) is 15.8. The predicted octanol–water partition coefficient (Wildman–Crippen LogP) is 3.71. The molecule has 0 bridgehead atoms. The lowest BCUT2D eigenvalue weighted by Crippen LogP contribution is -2.13. The van der Waals surface area contributed by atoms with Crippen molar-refractivity contribution in [2.24, 2.45) is 0 Å².